The molecule has 1 aromatic carbocycles. The molecule has 0 saturated heterocycles. The van der Waals surface area contributed by atoms with Gasteiger partial charge in [-0.15, -0.1) is 0 Å². The third-order valence-electron chi connectivity index (χ3n) is 3.24. The molecule has 0 spiro atoms. The van der Waals surface area contributed by atoms with Gasteiger partial charge < -0.3 is 9.73 Å². The summed E-state index contributed by atoms with van der Waals surface area (Å²) in [5.41, 5.74) is 0.925. The lowest BCUT2D eigenvalue weighted by atomic mass is 10.2. The summed E-state index contributed by atoms with van der Waals surface area (Å²) < 4.78 is 16.9. The van der Waals surface area contributed by atoms with Gasteiger partial charge in [0, 0.05) is 34.2 Å². The van der Waals surface area contributed by atoms with Gasteiger partial charge in [0.15, 0.2) is 0 Å². The lowest BCUT2D eigenvalue weighted by molar-refractivity contribution is 0.407. The van der Waals surface area contributed by atoms with Crippen LogP contribution in [-0.4, -0.2) is 22.3 Å². The number of furan rings is 1. The Balaban J connectivity index is 1.99. The lowest BCUT2D eigenvalue weighted by Crippen LogP contribution is -2.29. The van der Waals surface area contributed by atoms with Crippen LogP contribution in [0.3, 0.4) is 0 Å². The normalized spacial score (nSPS) is 16.4. The summed E-state index contributed by atoms with van der Waals surface area (Å²) in [7, 11) is -0.721. The van der Waals surface area contributed by atoms with Gasteiger partial charge in [-0.25, -0.2) is 0 Å². The first-order valence-electron chi connectivity index (χ1n) is 6.61. The van der Waals surface area contributed by atoms with E-state index in [1.165, 1.54) is 0 Å². The molecule has 0 saturated carbocycles. The fourth-order valence-electron chi connectivity index (χ4n) is 2.15. The van der Waals surface area contributed by atoms with Crippen molar-refractivity contribution in [1.82, 2.24) is 5.32 Å². The number of rotatable bonds is 6. The summed E-state index contributed by atoms with van der Waals surface area (Å²) in [4.78, 5) is 0. The van der Waals surface area contributed by atoms with Crippen LogP contribution in [0.25, 0.3) is 11.0 Å². The second-order valence-corrected chi connectivity index (χ2v) is 6.60. The molecule has 0 bridgehead atoms. The van der Waals surface area contributed by atoms with E-state index < -0.39 is 10.8 Å². The van der Waals surface area contributed by atoms with Gasteiger partial charge in [0.2, 0.25) is 0 Å². The highest BCUT2D eigenvalue weighted by atomic mass is 32.2. The maximum atomic E-state index is 11.1. The van der Waals surface area contributed by atoms with Crippen LogP contribution in [0.15, 0.2) is 34.7 Å². The largest absolute Gasteiger partial charge is 0.459 e. The molecule has 3 unspecified atom stereocenters. The zero-order valence-electron chi connectivity index (χ0n) is 11.7. The molecular weight excluding hydrogens is 258 g/mol. The topological polar surface area (TPSA) is 42.2 Å². The predicted octanol–water partition coefficient (Wildman–Crippen LogP) is 3.24. The van der Waals surface area contributed by atoms with E-state index in [1.807, 2.05) is 18.2 Å². The van der Waals surface area contributed by atoms with Crippen LogP contribution in [-0.2, 0) is 10.8 Å². The van der Waals surface area contributed by atoms with Crippen molar-refractivity contribution < 1.29 is 8.63 Å². The van der Waals surface area contributed by atoms with Gasteiger partial charge in [0.25, 0.3) is 0 Å². The first-order valence-corrected chi connectivity index (χ1v) is 8.33. The van der Waals surface area contributed by atoms with E-state index in [0.29, 0.717) is 6.04 Å². The second kappa shape index (κ2) is 6.35. The van der Waals surface area contributed by atoms with E-state index in [1.54, 1.807) is 6.26 Å². The van der Waals surface area contributed by atoms with Gasteiger partial charge in [-0.3, -0.25) is 4.21 Å². The highest BCUT2D eigenvalue weighted by molar-refractivity contribution is 7.84. The van der Waals surface area contributed by atoms with Gasteiger partial charge in [-0.05, 0) is 32.4 Å². The van der Waals surface area contributed by atoms with Crippen molar-refractivity contribution >= 4 is 21.8 Å². The number of nitrogens with one attached hydrogen (secondary N) is 1. The van der Waals surface area contributed by atoms with E-state index in [0.717, 1.165) is 28.9 Å². The van der Waals surface area contributed by atoms with Gasteiger partial charge >= 0.3 is 0 Å². The first-order chi connectivity index (χ1) is 9.06. The van der Waals surface area contributed by atoms with Crippen molar-refractivity contribution in [3.8, 4) is 0 Å². The molecule has 19 heavy (non-hydrogen) atoms. The number of para-hydroxylation sites is 1. The molecule has 3 nitrogen and oxygen atoms in total. The Morgan fingerprint density at radius 2 is 2.05 bits per heavy atom. The Labute approximate surface area is 116 Å². The van der Waals surface area contributed by atoms with Gasteiger partial charge in [-0.1, -0.05) is 18.2 Å². The number of benzene rings is 1. The highest BCUT2D eigenvalue weighted by Gasteiger charge is 2.14. The summed E-state index contributed by atoms with van der Waals surface area (Å²) in [6.45, 7) is 4.21. The molecule has 0 radical (unpaired) electrons. The van der Waals surface area contributed by atoms with Crippen molar-refractivity contribution in [2.75, 3.05) is 12.0 Å². The molecule has 104 valence electrons. The third kappa shape index (κ3) is 3.91. The molecule has 0 amide bonds. The van der Waals surface area contributed by atoms with Crippen molar-refractivity contribution in [2.45, 2.75) is 32.4 Å². The zero-order valence-corrected chi connectivity index (χ0v) is 12.5. The van der Waals surface area contributed by atoms with Crippen LogP contribution in [0, 0.1) is 0 Å². The van der Waals surface area contributed by atoms with E-state index in [9.17, 15) is 4.21 Å². The molecular formula is C15H21NO2S. The van der Waals surface area contributed by atoms with Crippen LogP contribution >= 0.6 is 0 Å². The Bertz CT molecular complexity index is 531. The molecule has 3 atom stereocenters. The maximum absolute atomic E-state index is 11.1. The molecule has 1 aromatic heterocycles. The summed E-state index contributed by atoms with van der Waals surface area (Å²) in [5.74, 6) is 1.69. The fraction of sp³-hybridized carbons (Fsp3) is 0.467. The minimum absolute atomic E-state index is 0.160. The van der Waals surface area contributed by atoms with Gasteiger partial charge in [-0.2, -0.15) is 0 Å². The summed E-state index contributed by atoms with van der Waals surface area (Å²) in [5, 5.41) is 4.62. The average Bonchev–Trinajstić information content (AvgIpc) is 2.80. The number of hydrogen-bond acceptors (Lipinski definition) is 3. The fourth-order valence-corrected chi connectivity index (χ4v) is 2.84. The number of hydrogen-bond donors (Lipinski definition) is 1. The Morgan fingerprint density at radius 3 is 2.74 bits per heavy atom. The Morgan fingerprint density at radius 1 is 1.32 bits per heavy atom. The summed E-state index contributed by atoms with van der Waals surface area (Å²) >= 11 is 0. The predicted molar refractivity (Wildman–Crippen MR) is 80.8 cm³/mol. The standard InChI is InChI=1S/C15H21NO2S/c1-11(8-9-19(3)17)16-12(2)15-10-13-6-4-5-7-14(13)18-15/h4-7,10-12,16H,8-9H2,1-3H3. The van der Waals surface area contributed by atoms with Crippen molar-refractivity contribution in [2.24, 2.45) is 0 Å². The second-order valence-electron chi connectivity index (χ2n) is 5.04. The highest BCUT2D eigenvalue weighted by Crippen LogP contribution is 2.23. The van der Waals surface area contributed by atoms with E-state index in [2.05, 4.69) is 31.3 Å². The monoisotopic (exact) mass is 279 g/mol. The molecule has 2 rings (SSSR count). The average molecular weight is 279 g/mol. The lowest BCUT2D eigenvalue weighted by Gasteiger charge is -2.17. The van der Waals surface area contributed by atoms with Crippen LogP contribution in [0.4, 0.5) is 0 Å². The van der Waals surface area contributed by atoms with Crippen LogP contribution in [0.5, 0.6) is 0 Å². The van der Waals surface area contributed by atoms with Crippen molar-refractivity contribution in [3.05, 3.63) is 36.1 Å². The molecule has 0 fully saturated rings. The minimum atomic E-state index is -0.721. The number of fused-ring (bicyclic) bond motifs is 1. The molecule has 1 N–H and O–H groups in total. The Kier molecular flexibility index (Phi) is 4.77. The van der Waals surface area contributed by atoms with E-state index in [4.69, 9.17) is 4.42 Å². The van der Waals surface area contributed by atoms with E-state index in [-0.39, 0.29) is 6.04 Å². The van der Waals surface area contributed by atoms with Gasteiger partial charge in [0.1, 0.15) is 11.3 Å². The molecule has 0 aliphatic carbocycles. The van der Waals surface area contributed by atoms with Crippen LogP contribution in [0.2, 0.25) is 0 Å². The van der Waals surface area contributed by atoms with Crippen molar-refractivity contribution in [3.63, 3.8) is 0 Å². The molecule has 2 aromatic rings. The minimum Gasteiger partial charge on any atom is -0.459 e. The SMILES string of the molecule is CC(CCS(C)=O)NC(C)c1cc2ccccc2o1. The maximum Gasteiger partial charge on any atom is 0.134 e. The van der Waals surface area contributed by atoms with Crippen LogP contribution < -0.4 is 5.32 Å². The molecule has 4 heteroatoms. The van der Waals surface area contributed by atoms with Gasteiger partial charge in [0.05, 0.1) is 6.04 Å². The molecule has 0 aliphatic heterocycles. The first kappa shape index (κ1) is 14.3. The Hall–Kier alpha value is -1.13. The van der Waals surface area contributed by atoms with Crippen molar-refractivity contribution in [1.29, 1.82) is 0 Å². The third-order valence-corrected chi connectivity index (χ3v) is 4.05. The zero-order chi connectivity index (χ0) is 13.8. The van der Waals surface area contributed by atoms with E-state index >= 15 is 0 Å². The smallest absolute Gasteiger partial charge is 0.134 e. The molecule has 0 aliphatic rings. The summed E-state index contributed by atoms with van der Waals surface area (Å²) in [6.07, 6.45) is 2.66. The summed E-state index contributed by atoms with van der Waals surface area (Å²) in [6, 6.07) is 10.6. The molecule has 1 heterocycles. The quantitative estimate of drug-likeness (QED) is 0.882. The van der Waals surface area contributed by atoms with Crippen LogP contribution in [0.1, 0.15) is 32.1 Å².